The van der Waals surface area contributed by atoms with Gasteiger partial charge in [0, 0.05) is 23.5 Å². The Kier molecular flexibility index (Phi) is 10.1. The Morgan fingerprint density at radius 1 is 0.540 bits per heavy atom. The highest BCUT2D eigenvalue weighted by molar-refractivity contribution is 8.02. The van der Waals surface area contributed by atoms with Crippen LogP contribution >= 0.6 is 23.5 Å². The van der Waals surface area contributed by atoms with Gasteiger partial charge in [-0.2, -0.15) is 0 Å². The number of nitrogens with zero attached hydrogens (tertiary/aromatic N) is 2. The zero-order valence-electron chi connectivity index (χ0n) is 29.8. The molecule has 0 spiro atoms. The van der Waals surface area contributed by atoms with E-state index < -0.39 is 9.74 Å². The van der Waals surface area contributed by atoms with Crippen LogP contribution in [-0.2, 0) is 32.2 Å². The van der Waals surface area contributed by atoms with Crippen LogP contribution in [0.25, 0.3) is 0 Å². The maximum atomic E-state index is 13.5. The minimum atomic E-state index is -0.581. The second-order valence-corrected chi connectivity index (χ2v) is 16.3. The molecule has 6 rings (SSSR count). The Labute approximate surface area is 303 Å². The summed E-state index contributed by atoms with van der Waals surface area (Å²) < 4.78 is 21.9. The Bertz CT molecular complexity index is 1750. The highest BCUT2D eigenvalue weighted by Gasteiger charge is 2.50. The van der Waals surface area contributed by atoms with Gasteiger partial charge in [-0.25, -0.2) is 0 Å². The summed E-state index contributed by atoms with van der Waals surface area (Å²) >= 11 is 3.30. The minimum Gasteiger partial charge on any atom is -0.493 e. The first-order chi connectivity index (χ1) is 24.0. The van der Waals surface area contributed by atoms with Gasteiger partial charge in [0.15, 0.2) is 23.0 Å². The van der Waals surface area contributed by atoms with E-state index in [1.165, 1.54) is 11.1 Å². The lowest BCUT2D eigenvalue weighted by Crippen LogP contribution is -2.40. The van der Waals surface area contributed by atoms with E-state index in [1.807, 2.05) is 60.0 Å². The lowest BCUT2D eigenvalue weighted by atomic mass is 9.98. The number of ether oxygens (including phenoxy) is 4. The average molecular weight is 713 g/mol. The summed E-state index contributed by atoms with van der Waals surface area (Å²) in [6, 6.07) is 28.5. The van der Waals surface area contributed by atoms with Gasteiger partial charge in [0.05, 0.1) is 38.9 Å². The van der Waals surface area contributed by atoms with Crippen molar-refractivity contribution in [3.63, 3.8) is 0 Å². The number of benzene rings is 4. The summed E-state index contributed by atoms with van der Waals surface area (Å²) in [5.41, 5.74) is 6.11. The molecule has 4 aromatic carbocycles. The first-order valence-electron chi connectivity index (χ1n) is 16.6. The molecule has 2 saturated heterocycles. The minimum absolute atomic E-state index is 0.0628. The third-order valence-electron chi connectivity index (χ3n) is 9.73. The topological polar surface area (TPSA) is 77.5 Å². The van der Waals surface area contributed by atoms with Crippen molar-refractivity contribution >= 4 is 46.7 Å². The van der Waals surface area contributed by atoms with Crippen molar-refractivity contribution in [2.45, 2.75) is 60.8 Å². The number of aryl methyl sites for hydroxylation is 2. The van der Waals surface area contributed by atoms with Gasteiger partial charge in [0.25, 0.3) is 0 Å². The maximum absolute atomic E-state index is 13.5. The van der Waals surface area contributed by atoms with Crippen molar-refractivity contribution in [1.29, 1.82) is 0 Å². The Morgan fingerprint density at radius 2 is 0.880 bits per heavy atom. The molecule has 0 radical (unpaired) electrons. The van der Waals surface area contributed by atoms with E-state index in [-0.39, 0.29) is 22.3 Å². The van der Waals surface area contributed by atoms with Crippen LogP contribution in [0.2, 0.25) is 0 Å². The fourth-order valence-corrected chi connectivity index (χ4v) is 9.93. The molecule has 2 aliphatic heterocycles. The highest BCUT2D eigenvalue weighted by atomic mass is 32.2. The molecule has 10 heteroatoms. The van der Waals surface area contributed by atoms with Gasteiger partial charge in [0.2, 0.25) is 11.8 Å². The summed E-state index contributed by atoms with van der Waals surface area (Å²) in [6.45, 7) is 8.14. The molecule has 2 heterocycles. The molecule has 2 fully saturated rings. The first-order valence-corrected chi connectivity index (χ1v) is 18.4. The van der Waals surface area contributed by atoms with E-state index in [0.29, 0.717) is 23.0 Å². The van der Waals surface area contributed by atoms with E-state index >= 15 is 0 Å². The molecule has 262 valence electrons. The Balaban J connectivity index is 1.17. The van der Waals surface area contributed by atoms with E-state index in [1.54, 1.807) is 52.0 Å². The number of anilines is 2. The molecule has 0 unspecified atom stereocenters. The van der Waals surface area contributed by atoms with Gasteiger partial charge in [-0.05, 0) is 87.1 Å². The summed E-state index contributed by atoms with van der Waals surface area (Å²) in [6.07, 6.45) is 1.75. The number of thioether (sulfide) groups is 2. The second-order valence-electron chi connectivity index (χ2n) is 12.8. The quantitative estimate of drug-likeness (QED) is 0.154. The third-order valence-corrected chi connectivity index (χ3v) is 12.6. The van der Waals surface area contributed by atoms with Crippen LogP contribution in [-0.4, -0.2) is 50.8 Å². The molecular weight excluding hydrogens is 669 g/mol. The van der Waals surface area contributed by atoms with Crippen molar-refractivity contribution in [2.75, 3.05) is 38.2 Å². The molecule has 4 aromatic rings. The van der Waals surface area contributed by atoms with Gasteiger partial charge >= 0.3 is 0 Å². The average Bonchev–Trinajstić information content (AvgIpc) is 3.52. The Hall–Kier alpha value is -4.28. The number of amides is 2. The predicted octanol–water partition coefficient (Wildman–Crippen LogP) is 8.19. The highest BCUT2D eigenvalue weighted by Crippen LogP contribution is 2.53. The number of methoxy groups -OCH3 is 4. The molecule has 2 amide bonds. The van der Waals surface area contributed by atoms with Crippen LogP contribution in [0.4, 0.5) is 11.4 Å². The number of hydrogen-bond donors (Lipinski definition) is 0. The van der Waals surface area contributed by atoms with Crippen LogP contribution < -0.4 is 28.7 Å². The molecule has 8 nitrogen and oxygen atoms in total. The van der Waals surface area contributed by atoms with Crippen molar-refractivity contribution in [1.82, 2.24) is 0 Å². The number of carbonyl (C=O) groups excluding carboxylic acids is 2. The monoisotopic (exact) mass is 712 g/mol. The standard InChI is InChI=1S/C40H44N2O6S2/c1-25-37(43)41(31-19-21-33(45-5)35(23-31)47-7)39(3,49-25)29-15-11-27(12-16-29)9-10-28-13-17-30(18-14-28)40(4)42(38(44)26(2)50-40)32-20-22-34(46-6)36(24-32)48-8/h11-26H,9-10H2,1-8H3/t25-,26-,39-,40-/m0/s1. The lowest BCUT2D eigenvalue weighted by Gasteiger charge is -2.35. The molecule has 0 N–H and O–H groups in total. The van der Waals surface area contributed by atoms with Crippen molar-refractivity contribution in [3.8, 4) is 23.0 Å². The maximum Gasteiger partial charge on any atom is 0.241 e. The van der Waals surface area contributed by atoms with Crippen molar-refractivity contribution < 1.29 is 28.5 Å². The van der Waals surface area contributed by atoms with Crippen LogP contribution in [0.3, 0.4) is 0 Å². The lowest BCUT2D eigenvalue weighted by molar-refractivity contribution is -0.118. The zero-order valence-corrected chi connectivity index (χ0v) is 31.4. The summed E-state index contributed by atoms with van der Waals surface area (Å²) in [5, 5.41) is -0.374. The molecule has 2 aliphatic rings. The van der Waals surface area contributed by atoms with E-state index in [9.17, 15) is 9.59 Å². The summed E-state index contributed by atoms with van der Waals surface area (Å²) in [4.78, 5) is 29.6. The second kappa shape index (κ2) is 14.2. The van der Waals surface area contributed by atoms with Gasteiger partial charge in [-0.1, -0.05) is 48.5 Å². The molecule has 50 heavy (non-hydrogen) atoms. The molecule has 0 aliphatic carbocycles. The number of carbonyl (C=O) groups is 2. The fraction of sp³-hybridized carbons (Fsp3) is 0.350. The summed E-state index contributed by atoms with van der Waals surface area (Å²) in [7, 11) is 6.41. The van der Waals surface area contributed by atoms with Crippen molar-refractivity contribution in [3.05, 3.63) is 107 Å². The molecule has 0 aromatic heterocycles. The molecular formula is C40H44N2O6S2. The largest absolute Gasteiger partial charge is 0.493 e. The smallest absolute Gasteiger partial charge is 0.241 e. The van der Waals surface area contributed by atoms with Crippen molar-refractivity contribution in [2.24, 2.45) is 0 Å². The normalized spacial score (nSPS) is 23.4. The molecule has 4 atom stereocenters. The van der Waals surface area contributed by atoms with Gasteiger partial charge in [-0.15, -0.1) is 23.5 Å². The molecule has 0 bridgehead atoms. The van der Waals surface area contributed by atoms with Gasteiger partial charge in [0.1, 0.15) is 9.74 Å². The number of rotatable bonds is 11. The first kappa shape index (κ1) is 35.5. The summed E-state index contributed by atoms with van der Waals surface area (Å²) in [5.74, 6) is 2.54. The fourth-order valence-electron chi connectivity index (χ4n) is 7.00. The van der Waals surface area contributed by atoms with Gasteiger partial charge < -0.3 is 18.9 Å². The van der Waals surface area contributed by atoms with E-state index in [0.717, 1.165) is 35.3 Å². The van der Waals surface area contributed by atoms with Crippen LogP contribution in [0.1, 0.15) is 49.9 Å². The SMILES string of the molecule is COc1ccc(N2C(=O)[C@H](C)S[C@@]2(C)c2ccc(CCc3ccc([C@]4(C)S[C@@H](C)C(=O)N4c4ccc(OC)c(OC)c4)cc3)cc2)cc1OC. The third kappa shape index (κ3) is 6.28. The zero-order chi connectivity index (χ0) is 35.8. The van der Waals surface area contributed by atoms with E-state index in [4.69, 9.17) is 18.9 Å². The number of hydrogen-bond acceptors (Lipinski definition) is 8. The van der Waals surface area contributed by atoms with Crippen LogP contribution in [0, 0.1) is 0 Å². The van der Waals surface area contributed by atoms with Crippen LogP contribution in [0.15, 0.2) is 84.9 Å². The molecule has 0 saturated carbocycles. The Morgan fingerprint density at radius 3 is 1.20 bits per heavy atom. The predicted molar refractivity (Wildman–Crippen MR) is 203 cm³/mol. The van der Waals surface area contributed by atoms with E-state index in [2.05, 4.69) is 62.4 Å². The van der Waals surface area contributed by atoms with Crippen LogP contribution in [0.5, 0.6) is 23.0 Å². The van der Waals surface area contributed by atoms with Gasteiger partial charge in [-0.3, -0.25) is 19.4 Å².